The Morgan fingerprint density at radius 2 is 2.00 bits per heavy atom. The summed E-state index contributed by atoms with van der Waals surface area (Å²) >= 11 is 0. The van der Waals surface area contributed by atoms with E-state index in [0.29, 0.717) is 12.8 Å². The average Bonchev–Trinajstić information content (AvgIpc) is 1.79. The summed E-state index contributed by atoms with van der Waals surface area (Å²) in [6.45, 7) is 0. The van der Waals surface area contributed by atoms with E-state index in [0.717, 1.165) is 0 Å². The van der Waals surface area contributed by atoms with Gasteiger partial charge in [-0.2, -0.15) is 13.1 Å². The molecule has 3 N–H and O–H groups in total. The number of nitrogens with one attached hydrogen (secondary N) is 1. The third-order valence-electron chi connectivity index (χ3n) is 1.79. The lowest BCUT2D eigenvalue weighted by Gasteiger charge is -2.21. The molecule has 1 saturated heterocycles. The Morgan fingerprint density at radius 3 is 2.46 bits per heavy atom. The standard InChI is InChI=1S/C5H12N2O4S2/c6-13(10,11)7-5-2-1-3-12(8,9)4-5/h5,7H,1-4H2,(H2,6,10,11). The van der Waals surface area contributed by atoms with Crippen LogP contribution in [0.1, 0.15) is 12.8 Å². The van der Waals surface area contributed by atoms with Gasteiger partial charge in [0.05, 0.1) is 11.5 Å². The van der Waals surface area contributed by atoms with E-state index in [1.807, 2.05) is 0 Å². The molecule has 0 aromatic carbocycles. The van der Waals surface area contributed by atoms with E-state index in [9.17, 15) is 16.8 Å². The minimum atomic E-state index is -3.79. The molecule has 8 heteroatoms. The van der Waals surface area contributed by atoms with Gasteiger partial charge < -0.3 is 0 Å². The van der Waals surface area contributed by atoms with Crippen molar-refractivity contribution >= 4 is 20.0 Å². The first-order valence-electron chi connectivity index (χ1n) is 3.79. The van der Waals surface area contributed by atoms with Crippen molar-refractivity contribution in [1.82, 2.24) is 4.72 Å². The van der Waals surface area contributed by atoms with Gasteiger partial charge in [-0.1, -0.05) is 0 Å². The van der Waals surface area contributed by atoms with Crippen molar-refractivity contribution < 1.29 is 16.8 Å². The maximum Gasteiger partial charge on any atom is 0.274 e. The number of hydrogen-bond donors (Lipinski definition) is 2. The van der Waals surface area contributed by atoms with Gasteiger partial charge in [0.1, 0.15) is 0 Å². The molecule has 0 saturated carbocycles. The van der Waals surface area contributed by atoms with Crippen LogP contribution in [-0.4, -0.2) is 34.4 Å². The van der Waals surface area contributed by atoms with E-state index in [1.165, 1.54) is 0 Å². The van der Waals surface area contributed by atoms with Gasteiger partial charge in [-0.15, -0.1) is 0 Å². The molecule has 0 spiro atoms. The van der Waals surface area contributed by atoms with Gasteiger partial charge >= 0.3 is 0 Å². The van der Waals surface area contributed by atoms with Gasteiger partial charge in [0.25, 0.3) is 10.2 Å². The predicted octanol–water partition coefficient (Wildman–Crippen LogP) is -1.64. The highest BCUT2D eigenvalue weighted by Crippen LogP contribution is 2.11. The molecule has 78 valence electrons. The molecular weight excluding hydrogens is 216 g/mol. The Balaban J connectivity index is 2.64. The fourth-order valence-electron chi connectivity index (χ4n) is 1.35. The van der Waals surface area contributed by atoms with Crippen LogP contribution in [0.5, 0.6) is 0 Å². The van der Waals surface area contributed by atoms with Crippen LogP contribution in [0.15, 0.2) is 0 Å². The summed E-state index contributed by atoms with van der Waals surface area (Å²) in [5, 5.41) is 4.72. The summed E-state index contributed by atoms with van der Waals surface area (Å²) < 4.78 is 45.4. The summed E-state index contributed by atoms with van der Waals surface area (Å²) in [4.78, 5) is 0. The van der Waals surface area contributed by atoms with Crippen molar-refractivity contribution in [1.29, 1.82) is 0 Å². The molecule has 1 atom stereocenters. The maximum absolute atomic E-state index is 11.1. The lowest BCUT2D eigenvalue weighted by Crippen LogP contribution is -2.45. The maximum atomic E-state index is 11.1. The number of rotatable bonds is 2. The third-order valence-corrected chi connectivity index (χ3v) is 4.28. The molecule has 0 aromatic heterocycles. The summed E-state index contributed by atoms with van der Waals surface area (Å²) in [5.74, 6) is -0.0147. The van der Waals surface area contributed by atoms with Gasteiger partial charge in [-0.05, 0) is 12.8 Å². The van der Waals surface area contributed by atoms with Crippen LogP contribution in [0.25, 0.3) is 0 Å². The molecule has 0 aliphatic carbocycles. The average molecular weight is 228 g/mol. The van der Waals surface area contributed by atoms with Gasteiger partial charge in [0, 0.05) is 6.04 Å². The molecule has 1 unspecified atom stereocenters. The topological polar surface area (TPSA) is 106 Å². The molecule has 0 radical (unpaired) electrons. The molecule has 13 heavy (non-hydrogen) atoms. The van der Waals surface area contributed by atoms with E-state index in [4.69, 9.17) is 5.14 Å². The SMILES string of the molecule is NS(=O)(=O)NC1CCCS(=O)(=O)C1. The van der Waals surface area contributed by atoms with Crippen LogP contribution < -0.4 is 9.86 Å². The molecular formula is C5H12N2O4S2. The van der Waals surface area contributed by atoms with E-state index in [2.05, 4.69) is 4.72 Å². The smallest absolute Gasteiger partial charge is 0.229 e. The molecule has 0 aromatic rings. The fourth-order valence-corrected chi connectivity index (χ4v) is 3.76. The van der Waals surface area contributed by atoms with E-state index >= 15 is 0 Å². The quantitative estimate of drug-likeness (QED) is 0.591. The van der Waals surface area contributed by atoms with Crippen molar-refractivity contribution in [3.8, 4) is 0 Å². The highest BCUT2D eigenvalue weighted by atomic mass is 32.2. The fraction of sp³-hybridized carbons (Fsp3) is 1.00. The molecule has 1 heterocycles. The van der Waals surface area contributed by atoms with E-state index < -0.39 is 26.1 Å². The Kier molecular flexibility index (Phi) is 2.95. The molecule has 1 rings (SSSR count). The van der Waals surface area contributed by atoms with E-state index in [1.54, 1.807) is 0 Å². The minimum Gasteiger partial charge on any atom is -0.229 e. The zero-order chi connectivity index (χ0) is 10.1. The second kappa shape index (κ2) is 3.52. The molecule has 1 fully saturated rings. The van der Waals surface area contributed by atoms with Crippen LogP contribution in [0.3, 0.4) is 0 Å². The Bertz CT molecular complexity index is 369. The first-order chi connectivity index (χ1) is 5.79. The first-order valence-corrected chi connectivity index (χ1v) is 7.16. The monoisotopic (exact) mass is 228 g/mol. The van der Waals surface area contributed by atoms with Gasteiger partial charge in [0.15, 0.2) is 9.84 Å². The molecule has 0 bridgehead atoms. The van der Waals surface area contributed by atoms with Crippen molar-refractivity contribution in [2.45, 2.75) is 18.9 Å². The van der Waals surface area contributed by atoms with Crippen LogP contribution in [0.4, 0.5) is 0 Å². The normalized spacial score (nSPS) is 28.5. The van der Waals surface area contributed by atoms with Crippen LogP contribution in [-0.2, 0) is 20.0 Å². The van der Waals surface area contributed by atoms with Crippen molar-refractivity contribution in [2.24, 2.45) is 5.14 Å². The summed E-state index contributed by atoms with van der Waals surface area (Å²) in [6.07, 6.45) is 1.01. The number of nitrogens with two attached hydrogens (primary N) is 1. The van der Waals surface area contributed by atoms with Gasteiger partial charge in [-0.25, -0.2) is 13.6 Å². The van der Waals surface area contributed by atoms with Gasteiger partial charge in [-0.3, -0.25) is 0 Å². The largest absolute Gasteiger partial charge is 0.274 e. The van der Waals surface area contributed by atoms with E-state index in [-0.39, 0.29) is 11.5 Å². The highest BCUT2D eigenvalue weighted by Gasteiger charge is 2.26. The summed E-state index contributed by atoms with van der Waals surface area (Å²) in [7, 11) is -6.88. The van der Waals surface area contributed by atoms with Crippen LogP contribution in [0, 0.1) is 0 Å². The second-order valence-corrected chi connectivity index (χ2v) is 6.67. The predicted molar refractivity (Wildman–Crippen MR) is 47.9 cm³/mol. The molecule has 1 aliphatic rings. The first kappa shape index (κ1) is 10.9. The summed E-state index contributed by atoms with van der Waals surface area (Å²) in [5.41, 5.74) is 0. The second-order valence-electron chi connectivity index (χ2n) is 3.12. The minimum absolute atomic E-state index is 0.135. The zero-order valence-electron chi connectivity index (χ0n) is 6.93. The van der Waals surface area contributed by atoms with Crippen molar-refractivity contribution in [3.63, 3.8) is 0 Å². The Morgan fingerprint density at radius 1 is 1.38 bits per heavy atom. The molecule has 6 nitrogen and oxygen atoms in total. The third kappa shape index (κ3) is 4.03. The van der Waals surface area contributed by atoms with Crippen LogP contribution >= 0.6 is 0 Å². The van der Waals surface area contributed by atoms with Crippen LogP contribution in [0.2, 0.25) is 0 Å². The number of sulfone groups is 1. The Labute approximate surface area is 77.6 Å². The zero-order valence-corrected chi connectivity index (χ0v) is 8.57. The number of hydrogen-bond acceptors (Lipinski definition) is 4. The summed E-state index contributed by atoms with van der Waals surface area (Å²) in [6, 6.07) is -0.561. The molecule has 1 aliphatic heterocycles. The Hall–Kier alpha value is -0.180. The lowest BCUT2D eigenvalue weighted by molar-refractivity contribution is 0.518. The lowest BCUT2D eigenvalue weighted by atomic mass is 10.2. The van der Waals surface area contributed by atoms with Crippen molar-refractivity contribution in [3.05, 3.63) is 0 Å². The molecule has 0 amide bonds. The van der Waals surface area contributed by atoms with Crippen molar-refractivity contribution in [2.75, 3.05) is 11.5 Å². The van der Waals surface area contributed by atoms with Gasteiger partial charge in [0.2, 0.25) is 0 Å². The highest BCUT2D eigenvalue weighted by molar-refractivity contribution is 7.91.